The van der Waals surface area contributed by atoms with Crippen molar-refractivity contribution in [2.75, 3.05) is 33.0 Å². The number of nitrogens with one attached hydrogen (secondary N) is 3. The number of pyridine rings is 1. The van der Waals surface area contributed by atoms with Crippen LogP contribution in [-0.4, -0.2) is 83.2 Å². The molecule has 37 heavy (non-hydrogen) atoms. The Balaban J connectivity index is 1.45. The molecule has 0 saturated heterocycles. The standard InChI is InChI=1S/C24H30ClN7O4S/c1-31(2)24(36)13-4-6-15(27-20(33)21(34)30-19-7-5-14(25)11-26-19)17(10-13)28-22(35)23-29-16-8-9-32(3)12-18(16)37-23/h5,7,11,13,15,17,25H,4,6,8-10,12H2,1-3H3,(H2-,26,27,28,30,33,34,35)/p+1/t13-,15-,17+/m0/s1. The number of rotatable bonds is 5. The molecule has 0 radical (unpaired) electrons. The Morgan fingerprint density at radius 2 is 1.89 bits per heavy atom. The lowest BCUT2D eigenvalue weighted by molar-refractivity contribution is -0.289. The second-order valence-electron chi connectivity index (χ2n) is 9.61. The summed E-state index contributed by atoms with van der Waals surface area (Å²) in [6.45, 7) is 1.64. The summed E-state index contributed by atoms with van der Waals surface area (Å²) < 4.78 is 0. The largest absolute Gasteiger partial charge is 0.349 e. The van der Waals surface area contributed by atoms with Gasteiger partial charge in [-0.1, -0.05) is 0 Å². The molecular formula is C24H31ClN7O4S+. The van der Waals surface area contributed by atoms with Gasteiger partial charge in [0.25, 0.3) is 5.91 Å². The van der Waals surface area contributed by atoms with Crippen LogP contribution in [0.25, 0.3) is 0 Å². The number of aromatic nitrogens is 2. The van der Waals surface area contributed by atoms with Crippen molar-refractivity contribution in [2.45, 2.75) is 44.3 Å². The topological polar surface area (TPSA) is 137 Å². The molecule has 2 aliphatic rings. The van der Waals surface area contributed by atoms with Gasteiger partial charge < -0.3 is 25.8 Å². The first kappa shape index (κ1) is 27.0. The first-order valence-corrected chi connectivity index (χ1v) is 13.3. The van der Waals surface area contributed by atoms with Crippen molar-refractivity contribution in [1.82, 2.24) is 30.4 Å². The second-order valence-corrected chi connectivity index (χ2v) is 11.2. The summed E-state index contributed by atoms with van der Waals surface area (Å²) >= 11 is 6.34. The van der Waals surface area contributed by atoms with E-state index in [1.165, 1.54) is 28.5 Å². The Kier molecular flexibility index (Phi) is 8.40. The van der Waals surface area contributed by atoms with Gasteiger partial charge in [-0.15, -0.1) is 11.3 Å². The smallest absolute Gasteiger partial charge is 0.314 e. The number of hydrogen-bond acceptors (Lipinski definition) is 8. The third kappa shape index (κ3) is 6.62. The predicted molar refractivity (Wildman–Crippen MR) is 135 cm³/mol. The van der Waals surface area contributed by atoms with Crippen LogP contribution in [-0.2, 0) is 27.3 Å². The minimum absolute atomic E-state index is 0.0363. The van der Waals surface area contributed by atoms with Crippen molar-refractivity contribution in [2.24, 2.45) is 5.92 Å². The highest BCUT2D eigenvalue weighted by Gasteiger charge is 2.37. The summed E-state index contributed by atoms with van der Waals surface area (Å²) in [6.07, 6.45) is 3.49. The first-order chi connectivity index (χ1) is 17.6. The lowest BCUT2D eigenvalue weighted by Crippen LogP contribution is -2.57. The minimum Gasteiger partial charge on any atom is -0.349 e. The molecule has 2 aromatic rings. The molecule has 3 atom stereocenters. The molecular weight excluding hydrogens is 518 g/mol. The summed E-state index contributed by atoms with van der Waals surface area (Å²) in [5.41, 5.74) is 0.941. The molecule has 1 saturated carbocycles. The Morgan fingerprint density at radius 1 is 1.11 bits per heavy atom. The van der Waals surface area contributed by atoms with Crippen molar-refractivity contribution >= 4 is 40.8 Å². The van der Waals surface area contributed by atoms with E-state index in [4.69, 9.17) is 11.6 Å². The van der Waals surface area contributed by atoms with Gasteiger partial charge in [0, 0.05) is 56.5 Å². The highest BCUT2D eigenvalue weighted by Crippen LogP contribution is 2.28. The number of anilines is 1. The number of amides is 4. The molecule has 0 bridgehead atoms. The first-order valence-electron chi connectivity index (χ1n) is 12.0. The van der Waals surface area contributed by atoms with E-state index in [9.17, 15) is 19.2 Å². The Hall–Kier alpha value is -3.09. The van der Waals surface area contributed by atoms with Crippen molar-refractivity contribution in [3.8, 4) is 0 Å². The summed E-state index contributed by atoms with van der Waals surface area (Å²) in [5, 5.41) is 9.04. The van der Waals surface area contributed by atoms with Crippen LogP contribution in [0.15, 0.2) is 18.3 Å². The van der Waals surface area contributed by atoms with Gasteiger partial charge in [-0.3, -0.25) is 19.2 Å². The number of hydrogen-bond donors (Lipinski definition) is 3. The number of thiazole rings is 1. The Labute approximate surface area is 224 Å². The van der Waals surface area contributed by atoms with Crippen LogP contribution in [0, 0.1) is 17.5 Å². The van der Waals surface area contributed by atoms with Gasteiger partial charge in [0.15, 0.2) is 16.6 Å². The number of fused-ring (bicyclic) bond motifs is 1. The van der Waals surface area contributed by atoms with Gasteiger partial charge in [0.2, 0.25) is 10.9 Å². The van der Waals surface area contributed by atoms with E-state index >= 15 is 0 Å². The quantitative estimate of drug-likeness (QED) is 0.458. The monoisotopic (exact) mass is 548 g/mol. The number of nitrogens with zero attached hydrogens (tertiary/aromatic N) is 4. The van der Waals surface area contributed by atoms with E-state index in [1.807, 2.05) is 7.05 Å². The molecule has 3 heterocycles. The summed E-state index contributed by atoms with van der Waals surface area (Å²) in [4.78, 5) is 64.3. The zero-order valence-corrected chi connectivity index (χ0v) is 22.6. The van der Waals surface area contributed by atoms with Crippen LogP contribution >= 0.6 is 11.3 Å². The third-order valence-electron chi connectivity index (χ3n) is 6.57. The molecule has 1 aliphatic carbocycles. The fourth-order valence-corrected chi connectivity index (χ4v) is 5.82. The normalized spacial score (nSPS) is 21.5. The fraction of sp³-hybridized carbons (Fsp3) is 0.500. The summed E-state index contributed by atoms with van der Waals surface area (Å²) in [6, 6.07) is 2.03. The highest BCUT2D eigenvalue weighted by atomic mass is 35.5. The molecule has 4 rings (SSSR count). The van der Waals surface area contributed by atoms with E-state index in [0.717, 1.165) is 30.1 Å². The van der Waals surface area contributed by atoms with Gasteiger partial charge >= 0.3 is 11.8 Å². The third-order valence-corrected chi connectivity index (χ3v) is 7.90. The lowest BCUT2D eigenvalue weighted by atomic mass is 9.81. The molecule has 1 fully saturated rings. The lowest BCUT2D eigenvalue weighted by Gasteiger charge is -2.37. The molecule has 1 aliphatic heterocycles. The van der Waals surface area contributed by atoms with Crippen LogP contribution in [0.5, 0.6) is 0 Å². The molecule has 2 aromatic heterocycles. The van der Waals surface area contributed by atoms with Gasteiger partial charge in [0.1, 0.15) is 5.82 Å². The Bertz CT molecular complexity index is 1190. The van der Waals surface area contributed by atoms with Crippen molar-refractivity contribution in [1.29, 1.82) is 0 Å². The van der Waals surface area contributed by atoms with Crippen LogP contribution in [0.4, 0.5) is 5.82 Å². The number of halogens is 1. The van der Waals surface area contributed by atoms with E-state index in [0.29, 0.717) is 29.3 Å². The molecule has 3 N–H and O–H groups in total. The van der Waals surface area contributed by atoms with Crippen molar-refractivity contribution in [3.63, 3.8) is 0 Å². The maximum Gasteiger partial charge on any atom is 0.314 e. The van der Waals surface area contributed by atoms with Gasteiger partial charge in [-0.05, 0) is 32.4 Å². The van der Waals surface area contributed by atoms with Gasteiger partial charge in [0.05, 0.1) is 17.9 Å². The maximum atomic E-state index is 13.2. The van der Waals surface area contributed by atoms with Gasteiger partial charge in [-0.25, -0.2) is 9.97 Å². The Morgan fingerprint density at radius 3 is 2.59 bits per heavy atom. The number of carbonyl (C=O) groups is 4. The average Bonchev–Trinajstić information content (AvgIpc) is 3.29. The highest BCUT2D eigenvalue weighted by molar-refractivity contribution is 7.13. The molecule has 0 unspecified atom stereocenters. The van der Waals surface area contributed by atoms with Gasteiger partial charge in [-0.2, -0.15) is 0 Å². The molecule has 0 spiro atoms. The van der Waals surface area contributed by atoms with E-state index in [1.54, 1.807) is 20.2 Å². The van der Waals surface area contributed by atoms with Crippen LogP contribution in [0.3, 0.4) is 0 Å². The second kappa shape index (κ2) is 11.5. The van der Waals surface area contributed by atoms with E-state index in [2.05, 4.69) is 30.8 Å². The fourth-order valence-electron chi connectivity index (χ4n) is 4.60. The van der Waals surface area contributed by atoms with Crippen molar-refractivity contribution in [3.05, 3.63) is 38.9 Å². The summed E-state index contributed by atoms with van der Waals surface area (Å²) in [5.74, 6) is -2.21. The molecule has 13 heteroatoms. The number of carbonyl (C=O) groups excluding carboxylic acids is 4. The molecule has 4 amide bonds. The summed E-state index contributed by atoms with van der Waals surface area (Å²) in [7, 11) is 5.41. The average molecular weight is 549 g/mol. The zero-order chi connectivity index (χ0) is 26.7. The SMILES string of the molecule is CN1CCc2nc(C(=O)N[C@@H]3C[C@@H](C(=O)N(C)C)CC[C@@H]3NC(=O)C(=O)Nc3ccc([ClH+])cn3)sc2C1. The maximum absolute atomic E-state index is 13.2. The predicted octanol–water partition coefficient (Wildman–Crippen LogP) is 0.332. The van der Waals surface area contributed by atoms with E-state index < -0.39 is 23.9 Å². The zero-order valence-electron chi connectivity index (χ0n) is 20.9. The minimum atomic E-state index is -0.877. The molecule has 0 aromatic carbocycles. The van der Waals surface area contributed by atoms with E-state index in [-0.39, 0.29) is 23.6 Å². The molecule has 11 nitrogen and oxygen atoms in total. The van der Waals surface area contributed by atoms with Crippen LogP contribution in [0.1, 0.15) is 39.6 Å². The number of likely N-dealkylation sites (N-methyl/N-ethyl adjacent to an activating group) is 1. The van der Waals surface area contributed by atoms with Crippen LogP contribution < -0.4 is 16.0 Å². The van der Waals surface area contributed by atoms with Crippen LogP contribution in [0.2, 0.25) is 5.02 Å². The molecule has 198 valence electrons. The van der Waals surface area contributed by atoms with Crippen molar-refractivity contribution < 1.29 is 30.8 Å².